The zero-order valence-electron chi connectivity index (χ0n) is 20.5. The molecule has 0 radical (unpaired) electrons. The summed E-state index contributed by atoms with van der Waals surface area (Å²) < 4.78 is 7.02. The third-order valence-corrected chi connectivity index (χ3v) is 7.14. The Bertz CT molecular complexity index is 1500. The Morgan fingerprint density at radius 3 is 2.70 bits per heavy atom. The summed E-state index contributed by atoms with van der Waals surface area (Å²) in [5.41, 5.74) is 5.16. The van der Waals surface area contributed by atoms with E-state index in [0.717, 1.165) is 48.1 Å². The van der Waals surface area contributed by atoms with Crippen molar-refractivity contribution in [2.75, 3.05) is 30.9 Å². The quantitative estimate of drug-likeness (QED) is 0.370. The second kappa shape index (κ2) is 9.25. The van der Waals surface area contributed by atoms with Gasteiger partial charge in [0.05, 0.1) is 29.6 Å². The van der Waals surface area contributed by atoms with Crippen LogP contribution in [0, 0.1) is 0 Å². The van der Waals surface area contributed by atoms with Crippen LogP contribution in [0.3, 0.4) is 0 Å². The van der Waals surface area contributed by atoms with Crippen LogP contribution in [0.4, 0.5) is 17.2 Å². The predicted octanol–water partition coefficient (Wildman–Crippen LogP) is 2.64. The van der Waals surface area contributed by atoms with E-state index in [4.69, 9.17) is 9.84 Å². The van der Waals surface area contributed by atoms with Crippen LogP contribution in [0.5, 0.6) is 0 Å². The fraction of sp³-hybridized carbons (Fsp3) is 0.308. The number of carbonyl (C=O) groups excluding carboxylic acids is 2. The molecule has 1 saturated carbocycles. The summed E-state index contributed by atoms with van der Waals surface area (Å²) in [5, 5.41) is 11.1. The molecule has 37 heavy (non-hydrogen) atoms. The summed E-state index contributed by atoms with van der Waals surface area (Å²) >= 11 is 0. The lowest BCUT2D eigenvalue weighted by Crippen LogP contribution is -2.51. The number of imidazole rings is 1. The van der Waals surface area contributed by atoms with Gasteiger partial charge in [-0.1, -0.05) is 12.1 Å². The maximum absolute atomic E-state index is 13.1. The standard InChI is InChI=1S/C26H26N8O3/c1-27-19-10-23(32-34-21(13-30-25(19)34)26(36)31-18-6-7-22(18)37-2)33-9-8-16-17(4-3-5-20(16)33)24-28-11-15(14-35)12-29-24/h3-5,10-14,18,22,27H,6-9H2,1-2H3,(H,31,36)/t18-,22-/m1/s1. The van der Waals surface area contributed by atoms with Crippen molar-refractivity contribution in [3.05, 3.63) is 59.7 Å². The van der Waals surface area contributed by atoms with E-state index in [9.17, 15) is 9.59 Å². The van der Waals surface area contributed by atoms with E-state index in [1.165, 1.54) is 12.4 Å². The molecule has 3 aromatic heterocycles. The number of aromatic nitrogens is 5. The van der Waals surface area contributed by atoms with Gasteiger partial charge in [-0.05, 0) is 30.9 Å². The smallest absolute Gasteiger partial charge is 0.271 e. The fourth-order valence-electron chi connectivity index (χ4n) is 5.00. The first kappa shape index (κ1) is 23.0. The van der Waals surface area contributed by atoms with Crippen molar-refractivity contribution in [3.63, 3.8) is 0 Å². The molecule has 2 N–H and O–H groups in total. The normalized spacial score (nSPS) is 18.4. The van der Waals surface area contributed by atoms with Crippen molar-refractivity contribution in [1.82, 2.24) is 29.9 Å². The topological polar surface area (TPSA) is 127 Å². The van der Waals surface area contributed by atoms with Gasteiger partial charge in [0.25, 0.3) is 5.91 Å². The van der Waals surface area contributed by atoms with Crippen LogP contribution in [-0.2, 0) is 11.2 Å². The molecular formula is C26H26N8O3. The number of fused-ring (bicyclic) bond motifs is 2. The van der Waals surface area contributed by atoms with Crippen molar-refractivity contribution in [2.24, 2.45) is 0 Å². The molecule has 1 fully saturated rings. The highest BCUT2D eigenvalue weighted by atomic mass is 16.5. The SMILES string of the molecule is CNc1cc(N2CCc3c(-c4ncc(C=O)cn4)cccc32)nn2c(C(=O)N[C@@H]3CC[C@H]3OC)cnc12. The molecule has 0 bridgehead atoms. The molecule has 0 unspecified atom stereocenters. The van der Waals surface area contributed by atoms with Crippen molar-refractivity contribution in [3.8, 4) is 11.4 Å². The van der Waals surface area contributed by atoms with Crippen LogP contribution < -0.4 is 15.5 Å². The highest BCUT2D eigenvalue weighted by molar-refractivity contribution is 5.94. The molecule has 2 aliphatic rings. The van der Waals surface area contributed by atoms with Gasteiger partial charge in [0.2, 0.25) is 0 Å². The predicted molar refractivity (Wildman–Crippen MR) is 137 cm³/mol. The molecule has 188 valence electrons. The number of nitrogens with one attached hydrogen (secondary N) is 2. The third kappa shape index (κ3) is 3.87. The van der Waals surface area contributed by atoms with Crippen molar-refractivity contribution < 1.29 is 14.3 Å². The highest BCUT2D eigenvalue weighted by Crippen LogP contribution is 2.39. The van der Waals surface area contributed by atoms with Crippen LogP contribution in [0.15, 0.2) is 42.9 Å². The lowest BCUT2D eigenvalue weighted by atomic mass is 9.89. The number of hydrogen-bond acceptors (Lipinski definition) is 9. The minimum atomic E-state index is -0.231. The summed E-state index contributed by atoms with van der Waals surface area (Å²) in [6, 6.07) is 7.91. The minimum absolute atomic E-state index is 0.0123. The van der Waals surface area contributed by atoms with Gasteiger partial charge in [-0.25, -0.2) is 19.5 Å². The van der Waals surface area contributed by atoms with Crippen LogP contribution in [0.2, 0.25) is 0 Å². The van der Waals surface area contributed by atoms with Crippen LogP contribution >= 0.6 is 0 Å². The zero-order chi connectivity index (χ0) is 25.5. The van der Waals surface area contributed by atoms with Gasteiger partial charge in [-0.3, -0.25) is 9.59 Å². The molecule has 4 heterocycles. The molecule has 1 amide bonds. The second-order valence-electron chi connectivity index (χ2n) is 9.14. The Labute approximate surface area is 212 Å². The zero-order valence-corrected chi connectivity index (χ0v) is 20.5. The summed E-state index contributed by atoms with van der Waals surface area (Å²) in [7, 11) is 3.48. The fourth-order valence-corrected chi connectivity index (χ4v) is 5.00. The number of methoxy groups -OCH3 is 1. The number of carbonyl (C=O) groups is 2. The highest BCUT2D eigenvalue weighted by Gasteiger charge is 2.33. The van der Waals surface area contributed by atoms with Gasteiger partial charge in [-0.2, -0.15) is 0 Å². The molecule has 1 aromatic carbocycles. The minimum Gasteiger partial charge on any atom is -0.385 e. The van der Waals surface area contributed by atoms with E-state index in [2.05, 4.69) is 30.5 Å². The lowest BCUT2D eigenvalue weighted by molar-refractivity contribution is 0.00718. The van der Waals surface area contributed by atoms with Crippen LogP contribution in [0.25, 0.3) is 17.0 Å². The summed E-state index contributed by atoms with van der Waals surface area (Å²) in [6.07, 6.45) is 7.97. The molecule has 0 spiro atoms. The Hall–Kier alpha value is -4.38. The molecule has 1 aliphatic heterocycles. The summed E-state index contributed by atoms with van der Waals surface area (Å²) in [6.45, 7) is 0.703. The lowest BCUT2D eigenvalue weighted by Gasteiger charge is -2.35. The number of rotatable bonds is 7. The molecule has 11 heteroatoms. The molecule has 11 nitrogen and oxygen atoms in total. The maximum atomic E-state index is 13.1. The van der Waals surface area contributed by atoms with E-state index < -0.39 is 0 Å². The number of anilines is 3. The average Bonchev–Trinajstić information content (AvgIpc) is 3.55. The Morgan fingerprint density at radius 1 is 1.16 bits per heavy atom. The first-order valence-electron chi connectivity index (χ1n) is 12.2. The number of amides is 1. The first-order valence-corrected chi connectivity index (χ1v) is 12.2. The van der Waals surface area contributed by atoms with Gasteiger partial charge in [0.1, 0.15) is 0 Å². The van der Waals surface area contributed by atoms with Crippen molar-refractivity contribution >= 4 is 35.0 Å². The largest absolute Gasteiger partial charge is 0.385 e. The van der Waals surface area contributed by atoms with E-state index in [-0.39, 0.29) is 18.1 Å². The molecule has 6 rings (SSSR count). The van der Waals surface area contributed by atoms with E-state index in [1.54, 1.807) is 17.8 Å². The van der Waals surface area contributed by atoms with Gasteiger partial charge in [-0.15, -0.1) is 5.10 Å². The van der Waals surface area contributed by atoms with Crippen molar-refractivity contribution in [2.45, 2.75) is 31.4 Å². The molecule has 1 aliphatic carbocycles. The Balaban J connectivity index is 1.37. The molecule has 2 atom stereocenters. The first-order chi connectivity index (χ1) is 18.1. The van der Waals surface area contributed by atoms with Gasteiger partial charge < -0.3 is 20.3 Å². The maximum Gasteiger partial charge on any atom is 0.271 e. The number of aldehydes is 1. The number of benzene rings is 1. The summed E-state index contributed by atoms with van der Waals surface area (Å²) in [5.74, 6) is 1.03. The Kier molecular flexibility index (Phi) is 5.76. The monoisotopic (exact) mass is 498 g/mol. The van der Waals surface area contributed by atoms with E-state index >= 15 is 0 Å². The second-order valence-corrected chi connectivity index (χ2v) is 9.14. The average molecular weight is 499 g/mol. The van der Waals surface area contributed by atoms with E-state index in [1.807, 2.05) is 31.3 Å². The van der Waals surface area contributed by atoms with E-state index in [0.29, 0.717) is 35.1 Å². The van der Waals surface area contributed by atoms with Crippen molar-refractivity contribution in [1.29, 1.82) is 0 Å². The third-order valence-electron chi connectivity index (χ3n) is 7.14. The van der Waals surface area contributed by atoms with Crippen LogP contribution in [0.1, 0.15) is 39.3 Å². The summed E-state index contributed by atoms with van der Waals surface area (Å²) in [4.78, 5) is 39.5. The van der Waals surface area contributed by atoms with Gasteiger partial charge >= 0.3 is 0 Å². The van der Waals surface area contributed by atoms with Crippen LogP contribution in [-0.4, -0.2) is 69.6 Å². The number of ether oxygens (including phenoxy) is 1. The van der Waals surface area contributed by atoms with Gasteiger partial charge in [0.15, 0.2) is 29.3 Å². The molecule has 4 aromatic rings. The van der Waals surface area contributed by atoms with Gasteiger partial charge in [0, 0.05) is 50.4 Å². The number of hydrogen-bond donors (Lipinski definition) is 2. The molecular weight excluding hydrogens is 472 g/mol. The number of nitrogens with zero attached hydrogens (tertiary/aromatic N) is 6. The Morgan fingerprint density at radius 2 is 2.00 bits per heavy atom. The molecule has 0 saturated heterocycles.